The van der Waals surface area contributed by atoms with Crippen LogP contribution in [0, 0.1) is 0 Å². The molecule has 7 nitrogen and oxygen atoms in total. The summed E-state index contributed by atoms with van der Waals surface area (Å²) in [5, 5.41) is 21.2. The molecule has 1 saturated heterocycles. The summed E-state index contributed by atoms with van der Waals surface area (Å²) in [6, 6.07) is 1.44. The number of amides is 1. The van der Waals surface area contributed by atoms with Crippen molar-refractivity contribution in [3.8, 4) is 5.75 Å². The number of anilines is 1. The number of pyridine rings is 1. The zero-order chi connectivity index (χ0) is 14.0. The van der Waals surface area contributed by atoms with Crippen LogP contribution in [0.5, 0.6) is 5.75 Å². The molecule has 0 radical (unpaired) electrons. The van der Waals surface area contributed by atoms with Gasteiger partial charge in [0.25, 0.3) is 0 Å². The zero-order valence-electron chi connectivity index (χ0n) is 10.3. The minimum Gasteiger partial charge on any atom is -0.504 e. The number of aromatic hydroxyl groups is 1. The molecular weight excluding hydrogens is 252 g/mol. The third-order valence-electron chi connectivity index (χ3n) is 2.79. The lowest BCUT2D eigenvalue weighted by molar-refractivity contribution is -0.114. The highest BCUT2D eigenvalue weighted by atomic mass is 16.5. The summed E-state index contributed by atoms with van der Waals surface area (Å²) in [4.78, 5) is 26.0. The van der Waals surface area contributed by atoms with Crippen LogP contribution < -0.4 is 5.32 Å². The van der Waals surface area contributed by atoms with Crippen molar-refractivity contribution < 1.29 is 24.5 Å². The normalized spacial score (nSPS) is 18.3. The zero-order valence-corrected chi connectivity index (χ0v) is 10.3. The number of carboxylic acid groups (broad SMARTS) is 1. The van der Waals surface area contributed by atoms with E-state index in [4.69, 9.17) is 9.84 Å². The van der Waals surface area contributed by atoms with Gasteiger partial charge in [-0.3, -0.25) is 4.79 Å². The van der Waals surface area contributed by atoms with Crippen molar-refractivity contribution in [1.29, 1.82) is 0 Å². The lowest BCUT2D eigenvalue weighted by Gasteiger charge is -2.13. The number of nitrogens with zero attached hydrogens (tertiary/aromatic N) is 1. The average Bonchev–Trinajstić information content (AvgIpc) is 2.84. The van der Waals surface area contributed by atoms with Gasteiger partial charge in [0.15, 0.2) is 11.4 Å². The van der Waals surface area contributed by atoms with E-state index in [-0.39, 0.29) is 11.8 Å². The molecule has 0 spiro atoms. The fourth-order valence-electron chi connectivity index (χ4n) is 1.97. The van der Waals surface area contributed by atoms with E-state index in [0.29, 0.717) is 12.3 Å². The molecule has 0 bridgehead atoms. The van der Waals surface area contributed by atoms with Crippen LogP contribution in [0.15, 0.2) is 6.07 Å². The number of hydrogen-bond acceptors (Lipinski definition) is 5. The van der Waals surface area contributed by atoms with E-state index in [0.717, 1.165) is 12.8 Å². The molecule has 1 aromatic heterocycles. The van der Waals surface area contributed by atoms with Crippen molar-refractivity contribution in [2.45, 2.75) is 25.9 Å². The lowest BCUT2D eigenvalue weighted by Crippen LogP contribution is -2.12. The Morgan fingerprint density at radius 3 is 2.79 bits per heavy atom. The van der Waals surface area contributed by atoms with Crippen LogP contribution in [0.3, 0.4) is 0 Å². The second-order valence-electron chi connectivity index (χ2n) is 4.28. The highest BCUT2D eigenvalue weighted by molar-refractivity contribution is 5.95. The monoisotopic (exact) mass is 266 g/mol. The van der Waals surface area contributed by atoms with Gasteiger partial charge < -0.3 is 20.3 Å². The lowest BCUT2D eigenvalue weighted by atomic mass is 10.1. The molecule has 0 aromatic carbocycles. The number of rotatable bonds is 3. The maximum atomic E-state index is 11.1. The summed E-state index contributed by atoms with van der Waals surface area (Å²) in [6.45, 7) is 1.86. The van der Waals surface area contributed by atoms with Crippen LogP contribution in [-0.4, -0.2) is 33.7 Å². The summed E-state index contributed by atoms with van der Waals surface area (Å²) in [6.07, 6.45) is 1.30. The molecule has 102 valence electrons. The van der Waals surface area contributed by atoms with E-state index in [1.807, 2.05) is 0 Å². The Hall–Kier alpha value is -2.15. The Balaban J connectivity index is 2.46. The summed E-state index contributed by atoms with van der Waals surface area (Å²) in [5.74, 6) is -2.32. The van der Waals surface area contributed by atoms with Crippen LogP contribution >= 0.6 is 0 Å². The van der Waals surface area contributed by atoms with E-state index in [1.165, 1.54) is 13.0 Å². The minimum absolute atomic E-state index is 0.0328. The van der Waals surface area contributed by atoms with E-state index in [2.05, 4.69) is 10.3 Å². The highest BCUT2D eigenvalue weighted by Gasteiger charge is 2.24. The first-order valence-electron chi connectivity index (χ1n) is 5.85. The maximum absolute atomic E-state index is 11.1. The van der Waals surface area contributed by atoms with Crippen LogP contribution in [0.1, 0.15) is 42.1 Å². The second kappa shape index (κ2) is 5.23. The van der Waals surface area contributed by atoms with Crippen LogP contribution in [0.2, 0.25) is 0 Å². The molecule has 2 rings (SSSR count). The fraction of sp³-hybridized carbons (Fsp3) is 0.417. The molecule has 19 heavy (non-hydrogen) atoms. The Bertz CT molecular complexity index is 523. The molecule has 7 heteroatoms. The predicted octanol–water partition coefficient (Wildman–Crippen LogP) is 1.30. The number of ether oxygens (including phenoxy) is 1. The van der Waals surface area contributed by atoms with E-state index < -0.39 is 23.3 Å². The molecule has 1 aliphatic heterocycles. The van der Waals surface area contributed by atoms with Crippen molar-refractivity contribution in [1.82, 2.24) is 4.98 Å². The van der Waals surface area contributed by atoms with Crippen molar-refractivity contribution in [3.05, 3.63) is 17.5 Å². The maximum Gasteiger partial charge on any atom is 0.358 e. The van der Waals surface area contributed by atoms with Gasteiger partial charge in [0.05, 0.1) is 17.5 Å². The molecule has 1 fully saturated rings. The number of carbonyl (C=O) groups is 2. The third kappa shape index (κ3) is 2.82. The summed E-state index contributed by atoms with van der Waals surface area (Å²) >= 11 is 0. The first-order chi connectivity index (χ1) is 8.99. The molecule has 1 unspecified atom stereocenters. The summed E-state index contributed by atoms with van der Waals surface area (Å²) < 4.78 is 5.42. The van der Waals surface area contributed by atoms with Crippen LogP contribution in [0.4, 0.5) is 5.69 Å². The molecular formula is C12H14N2O5. The van der Waals surface area contributed by atoms with E-state index in [1.54, 1.807) is 0 Å². The largest absolute Gasteiger partial charge is 0.504 e. The second-order valence-corrected chi connectivity index (χ2v) is 4.28. The summed E-state index contributed by atoms with van der Waals surface area (Å²) in [5.41, 5.74) is -0.0569. The van der Waals surface area contributed by atoms with Gasteiger partial charge in [0, 0.05) is 13.5 Å². The van der Waals surface area contributed by atoms with Crippen molar-refractivity contribution >= 4 is 17.6 Å². The number of nitrogens with one attached hydrogen (secondary N) is 1. The number of carbonyl (C=O) groups excluding carboxylic acids is 1. The fourth-order valence-corrected chi connectivity index (χ4v) is 1.97. The molecule has 0 aliphatic carbocycles. The van der Waals surface area contributed by atoms with Gasteiger partial charge in [-0.05, 0) is 18.9 Å². The molecule has 1 aromatic rings. The Morgan fingerprint density at radius 2 is 2.26 bits per heavy atom. The van der Waals surface area contributed by atoms with Crippen molar-refractivity contribution in [2.24, 2.45) is 0 Å². The molecule has 1 amide bonds. The number of aromatic nitrogens is 1. The van der Waals surface area contributed by atoms with Crippen LogP contribution in [-0.2, 0) is 9.53 Å². The number of carboxylic acids is 1. The van der Waals surface area contributed by atoms with Gasteiger partial charge in [0.2, 0.25) is 5.91 Å². The Labute approximate surface area is 109 Å². The topological polar surface area (TPSA) is 109 Å². The first-order valence-corrected chi connectivity index (χ1v) is 5.85. The quantitative estimate of drug-likeness (QED) is 0.760. The van der Waals surface area contributed by atoms with E-state index in [9.17, 15) is 14.7 Å². The molecule has 2 heterocycles. The van der Waals surface area contributed by atoms with Gasteiger partial charge >= 0.3 is 5.97 Å². The van der Waals surface area contributed by atoms with Crippen molar-refractivity contribution in [2.75, 3.05) is 11.9 Å². The summed E-state index contributed by atoms with van der Waals surface area (Å²) in [7, 11) is 0. The number of hydrogen-bond donors (Lipinski definition) is 3. The van der Waals surface area contributed by atoms with Gasteiger partial charge in [-0.15, -0.1) is 0 Å². The van der Waals surface area contributed by atoms with E-state index >= 15 is 0 Å². The van der Waals surface area contributed by atoms with Gasteiger partial charge in [-0.1, -0.05) is 0 Å². The molecule has 0 saturated carbocycles. The van der Waals surface area contributed by atoms with Crippen LogP contribution in [0.25, 0.3) is 0 Å². The SMILES string of the molecule is CC(=O)Nc1cc(C2CCCO2)nc(C(=O)O)c1O. The Kier molecular flexibility index (Phi) is 3.66. The van der Waals surface area contributed by atoms with Crippen molar-refractivity contribution in [3.63, 3.8) is 0 Å². The van der Waals surface area contributed by atoms with Gasteiger partial charge in [0.1, 0.15) is 0 Å². The minimum atomic E-state index is -1.36. The van der Waals surface area contributed by atoms with Gasteiger partial charge in [-0.25, -0.2) is 9.78 Å². The predicted molar refractivity (Wildman–Crippen MR) is 65.1 cm³/mol. The number of aromatic carboxylic acids is 1. The standard InChI is InChI=1S/C12H14N2O5/c1-6(15)13-8-5-7(9-3-2-4-19-9)14-10(11(8)16)12(17)18/h5,9,16H,2-4H2,1H3,(H,17,18)(H,13,14,15). The molecule has 3 N–H and O–H groups in total. The third-order valence-corrected chi connectivity index (χ3v) is 2.79. The Morgan fingerprint density at radius 1 is 1.53 bits per heavy atom. The smallest absolute Gasteiger partial charge is 0.358 e. The highest BCUT2D eigenvalue weighted by Crippen LogP contribution is 2.34. The molecule has 1 aliphatic rings. The molecule has 1 atom stereocenters. The first kappa shape index (κ1) is 13.3. The average molecular weight is 266 g/mol. The van der Waals surface area contributed by atoms with Gasteiger partial charge in [-0.2, -0.15) is 0 Å².